The van der Waals surface area contributed by atoms with Crippen molar-refractivity contribution < 1.29 is 10.2 Å². The van der Waals surface area contributed by atoms with Crippen molar-refractivity contribution in [1.29, 1.82) is 0 Å². The molecule has 0 saturated heterocycles. The van der Waals surface area contributed by atoms with Crippen LogP contribution in [0.15, 0.2) is 36.4 Å². The van der Waals surface area contributed by atoms with Gasteiger partial charge in [0.1, 0.15) is 11.5 Å². The Morgan fingerprint density at radius 2 is 0.622 bits per heavy atom. The largest absolute Gasteiger partial charge is 0.508 e. The number of unbranched alkanes of at least 4 members (excludes halogenated alkanes) is 24. The number of phenolic OH excluding ortho intramolecular Hbond substituents is 2. The minimum absolute atomic E-state index is 0.359. The fourth-order valence-corrected chi connectivity index (χ4v) is 6.73. The SMILES string of the molecule is CCCCCCCCCCCCCCCc1ccc(Cc2ccc(CCCCCCCCCCCCCCC)cc2O)c(O)c1. The highest BCUT2D eigenvalue weighted by atomic mass is 16.3. The van der Waals surface area contributed by atoms with Crippen LogP contribution in [0.25, 0.3) is 0 Å². The Labute approximate surface area is 279 Å². The zero-order valence-corrected chi connectivity index (χ0v) is 29.9. The molecule has 0 fully saturated rings. The zero-order valence-electron chi connectivity index (χ0n) is 29.9. The summed E-state index contributed by atoms with van der Waals surface area (Å²) < 4.78 is 0. The smallest absolute Gasteiger partial charge is 0.119 e. The number of rotatable bonds is 30. The van der Waals surface area contributed by atoms with Crippen LogP contribution in [0.4, 0.5) is 0 Å². The summed E-state index contributed by atoms with van der Waals surface area (Å²) in [6.07, 6.45) is 38.3. The monoisotopic (exact) mass is 621 g/mol. The molecule has 2 rings (SSSR count). The lowest BCUT2D eigenvalue weighted by Crippen LogP contribution is -1.94. The van der Waals surface area contributed by atoms with Crippen LogP contribution < -0.4 is 0 Å². The minimum Gasteiger partial charge on any atom is -0.508 e. The van der Waals surface area contributed by atoms with Gasteiger partial charge in [-0.3, -0.25) is 0 Å². The molecule has 2 heteroatoms. The number of aromatic hydroxyl groups is 2. The number of hydrogen-bond acceptors (Lipinski definition) is 2. The lowest BCUT2D eigenvalue weighted by atomic mass is 9.97. The Morgan fingerprint density at radius 3 is 0.889 bits per heavy atom. The molecular weight excluding hydrogens is 548 g/mol. The first-order valence-corrected chi connectivity index (χ1v) is 19.8. The normalized spacial score (nSPS) is 11.4. The number of phenols is 2. The molecule has 0 saturated carbocycles. The van der Waals surface area contributed by atoms with Crippen molar-refractivity contribution in [3.05, 3.63) is 58.7 Å². The Balaban J connectivity index is 1.53. The first-order valence-electron chi connectivity index (χ1n) is 19.8. The summed E-state index contributed by atoms with van der Waals surface area (Å²) in [5.41, 5.74) is 4.22. The predicted molar refractivity (Wildman–Crippen MR) is 198 cm³/mol. The third-order valence-electron chi connectivity index (χ3n) is 9.82. The van der Waals surface area contributed by atoms with Crippen molar-refractivity contribution in [2.45, 2.75) is 200 Å². The molecule has 2 nitrogen and oxygen atoms in total. The molecular formula is C43H72O2. The van der Waals surface area contributed by atoms with Crippen molar-refractivity contribution in [3.63, 3.8) is 0 Å². The van der Waals surface area contributed by atoms with E-state index in [9.17, 15) is 10.2 Å². The van der Waals surface area contributed by atoms with Crippen LogP contribution in [-0.2, 0) is 19.3 Å². The van der Waals surface area contributed by atoms with Gasteiger partial charge >= 0.3 is 0 Å². The van der Waals surface area contributed by atoms with E-state index in [1.165, 1.54) is 178 Å². The third-order valence-corrected chi connectivity index (χ3v) is 9.82. The van der Waals surface area contributed by atoms with Crippen molar-refractivity contribution in [3.8, 4) is 11.5 Å². The van der Waals surface area contributed by atoms with Gasteiger partial charge in [-0.1, -0.05) is 192 Å². The summed E-state index contributed by atoms with van der Waals surface area (Å²) in [6, 6.07) is 12.3. The molecule has 0 aliphatic heterocycles. The van der Waals surface area contributed by atoms with Crippen LogP contribution in [0.5, 0.6) is 11.5 Å². The zero-order chi connectivity index (χ0) is 32.2. The average Bonchev–Trinajstić information content (AvgIpc) is 3.04. The second-order valence-corrected chi connectivity index (χ2v) is 14.1. The second kappa shape index (κ2) is 27.2. The molecule has 0 heterocycles. The maximum Gasteiger partial charge on any atom is 0.119 e. The topological polar surface area (TPSA) is 40.5 Å². The van der Waals surface area contributed by atoms with E-state index in [1.807, 2.05) is 24.3 Å². The fourth-order valence-electron chi connectivity index (χ4n) is 6.73. The molecule has 45 heavy (non-hydrogen) atoms. The molecule has 0 aliphatic rings. The minimum atomic E-state index is 0.359. The lowest BCUT2D eigenvalue weighted by molar-refractivity contribution is 0.462. The van der Waals surface area contributed by atoms with Crippen molar-refractivity contribution in [2.75, 3.05) is 0 Å². The second-order valence-electron chi connectivity index (χ2n) is 14.1. The molecule has 2 aromatic rings. The van der Waals surface area contributed by atoms with Crippen LogP contribution >= 0.6 is 0 Å². The molecule has 0 radical (unpaired) electrons. The predicted octanol–water partition coefficient (Wildman–Crippen LogP) is 14.0. The van der Waals surface area contributed by atoms with Gasteiger partial charge in [-0.15, -0.1) is 0 Å². The lowest BCUT2D eigenvalue weighted by Gasteiger charge is -2.11. The Morgan fingerprint density at radius 1 is 0.356 bits per heavy atom. The van der Waals surface area contributed by atoms with Gasteiger partial charge in [-0.2, -0.15) is 0 Å². The maximum atomic E-state index is 10.7. The highest BCUT2D eigenvalue weighted by Gasteiger charge is 2.09. The van der Waals surface area contributed by atoms with E-state index in [1.54, 1.807) is 0 Å². The molecule has 0 amide bonds. The van der Waals surface area contributed by atoms with Gasteiger partial charge in [-0.25, -0.2) is 0 Å². The van der Waals surface area contributed by atoms with Gasteiger partial charge in [-0.05, 0) is 60.1 Å². The van der Waals surface area contributed by atoms with E-state index in [2.05, 4.69) is 26.0 Å². The van der Waals surface area contributed by atoms with Crippen molar-refractivity contribution in [1.82, 2.24) is 0 Å². The summed E-state index contributed by atoms with van der Waals surface area (Å²) in [4.78, 5) is 0. The van der Waals surface area contributed by atoms with Crippen LogP contribution in [0.1, 0.15) is 203 Å². The Hall–Kier alpha value is -1.96. The molecule has 0 atom stereocenters. The van der Waals surface area contributed by atoms with E-state index in [-0.39, 0.29) is 0 Å². The number of benzene rings is 2. The van der Waals surface area contributed by atoms with Gasteiger partial charge in [0.05, 0.1) is 0 Å². The molecule has 2 N–H and O–H groups in total. The summed E-state index contributed by atoms with van der Waals surface area (Å²) >= 11 is 0. The molecule has 0 bridgehead atoms. The van der Waals surface area contributed by atoms with Crippen LogP contribution in [0, 0.1) is 0 Å². The van der Waals surface area contributed by atoms with E-state index in [0.717, 1.165) is 24.0 Å². The van der Waals surface area contributed by atoms with Crippen LogP contribution in [-0.4, -0.2) is 10.2 Å². The quantitative estimate of drug-likeness (QED) is 0.0853. The highest BCUT2D eigenvalue weighted by Crippen LogP contribution is 2.28. The molecule has 256 valence electrons. The van der Waals surface area contributed by atoms with Crippen molar-refractivity contribution in [2.24, 2.45) is 0 Å². The molecule has 0 aromatic heterocycles. The summed E-state index contributed by atoms with van der Waals surface area (Å²) in [6.45, 7) is 4.57. The van der Waals surface area contributed by atoms with E-state index >= 15 is 0 Å². The number of aryl methyl sites for hydroxylation is 2. The third kappa shape index (κ3) is 20.0. The molecule has 0 aliphatic carbocycles. The van der Waals surface area contributed by atoms with Gasteiger partial charge < -0.3 is 10.2 Å². The fraction of sp³-hybridized carbons (Fsp3) is 0.721. The average molecular weight is 621 g/mol. The van der Waals surface area contributed by atoms with E-state index < -0.39 is 0 Å². The van der Waals surface area contributed by atoms with Gasteiger partial charge in [0.15, 0.2) is 0 Å². The molecule has 2 aromatic carbocycles. The van der Waals surface area contributed by atoms with Gasteiger partial charge in [0.25, 0.3) is 0 Å². The Kier molecular flexibility index (Phi) is 23.7. The van der Waals surface area contributed by atoms with E-state index in [4.69, 9.17) is 0 Å². The highest BCUT2D eigenvalue weighted by molar-refractivity contribution is 5.44. The molecule has 0 unspecified atom stereocenters. The standard InChI is InChI=1S/C43H72O2/c1-3-5-7-9-11-13-15-17-19-21-23-25-27-29-38-31-33-40(42(44)35-38)37-41-34-32-39(36-43(41)45)30-28-26-24-22-20-18-16-14-12-10-8-6-4-2/h31-36,44-45H,3-30,37H2,1-2H3. The van der Waals surface area contributed by atoms with E-state index in [0.29, 0.717) is 17.9 Å². The Bertz CT molecular complexity index is 887. The van der Waals surface area contributed by atoms with Gasteiger partial charge in [0, 0.05) is 6.42 Å². The first kappa shape index (κ1) is 39.2. The van der Waals surface area contributed by atoms with Crippen LogP contribution in [0.3, 0.4) is 0 Å². The first-order chi connectivity index (χ1) is 22.1. The summed E-state index contributed by atoms with van der Waals surface area (Å²) in [5.74, 6) is 0.718. The summed E-state index contributed by atoms with van der Waals surface area (Å²) in [5, 5.41) is 21.4. The van der Waals surface area contributed by atoms with Gasteiger partial charge in [0.2, 0.25) is 0 Å². The number of hydrogen-bond donors (Lipinski definition) is 2. The van der Waals surface area contributed by atoms with Crippen LogP contribution in [0.2, 0.25) is 0 Å². The van der Waals surface area contributed by atoms with Crippen molar-refractivity contribution >= 4 is 0 Å². The molecule has 0 spiro atoms. The summed E-state index contributed by atoms with van der Waals surface area (Å²) in [7, 11) is 0. The maximum absolute atomic E-state index is 10.7.